The number of piperidine rings is 1. The lowest BCUT2D eigenvalue weighted by Crippen LogP contribution is -2.29. The van der Waals surface area contributed by atoms with Crippen molar-refractivity contribution in [2.75, 3.05) is 23.7 Å². The van der Waals surface area contributed by atoms with E-state index in [1.807, 2.05) is 49.6 Å². The maximum atomic E-state index is 13.5. The van der Waals surface area contributed by atoms with Crippen molar-refractivity contribution in [3.8, 4) is 0 Å². The highest BCUT2D eigenvalue weighted by molar-refractivity contribution is 6.37. The first-order valence-corrected chi connectivity index (χ1v) is 15.1. The van der Waals surface area contributed by atoms with Crippen LogP contribution in [0.25, 0.3) is 11.3 Å². The first-order valence-electron chi connectivity index (χ1n) is 15.1. The SMILES string of the molecule is CC[C@@H](NC(=O)c1ccc2c(c1)/C(=C(/Nc1cccc(CN3CCCCC3)c1)c1cnn(C)c1)C(=O)N2)c1ccccc1. The molecule has 3 aromatic carbocycles. The molecule has 0 bridgehead atoms. The second kappa shape index (κ2) is 12.7. The number of anilines is 2. The van der Waals surface area contributed by atoms with Crippen molar-refractivity contribution < 1.29 is 9.59 Å². The fraction of sp³-hybridized carbons (Fsp3) is 0.286. The molecule has 2 aliphatic rings. The molecule has 3 N–H and O–H groups in total. The van der Waals surface area contributed by atoms with Crippen LogP contribution in [-0.4, -0.2) is 39.6 Å². The van der Waals surface area contributed by atoms with Crippen LogP contribution < -0.4 is 16.0 Å². The van der Waals surface area contributed by atoms with Crippen LogP contribution in [-0.2, 0) is 18.4 Å². The standard InChI is InChI=1S/C35H38N6O2/c1-3-30(25-12-6-4-7-13-25)38-34(42)26-15-16-31-29(20-26)32(35(43)39-31)33(27-21-36-40(2)23-27)37-28-14-10-11-24(19-28)22-41-17-8-5-9-18-41/h4,6-7,10-16,19-21,23,30,37H,3,5,8-9,17-18,22H2,1-2H3,(H,38,42)(H,39,43)/b33-32-/t30-/m1/s1. The van der Waals surface area contributed by atoms with Crippen LogP contribution >= 0.6 is 0 Å². The smallest absolute Gasteiger partial charge is 0.258 e. The van der Waals surface area contributed by atoms with Crippen molar-refractivity contribution in [2.24, 2.45) is 7.05 Å². The Labute approximate surface area is 252 Å². The van der Waals surface area contributed by atoms with Gasteiger partial charge < -0.3 is 16.0 Å². The molecule has 6 rings (SSSR count). The van der Waals surface area contributed by atoms with Crippen molar-refractivity contribution in [2.45, 2.75) is 45.2 Å². The Hall–Kier alpha value is -4.69. The van der Waals surface area contributed by atoms with E-state index in [0.29, 0.717) is 28.1 Å². The summed E-state index contributed by atoms with van der Waals surface area (Å²) < 4.78 is 1.72. The fourth-order valence-electron chi connectivity index (χ4n) is 6.00. The fourth-order valence-corrected chi connectivity index (χ4v) is 6.00. The van der Waals surface area contributed by atoms with Crippen LogP contribution in [0, 0.1) is 0 Å². The molecule has 220 valence electrons. The number of hydrogen-bond acceptors (Lipinski definition) is 5. The number of carbonyl (C=O) groups is 2. The maximum absolute atomic E-state index is 13.5. The average molecular weight is 575 g/mol. The molecule has 0 unspecified atom stereocenters. The van der Waals surface area contributed by atoms with Gasteiger partial charge in [-0.1, -0.05) is 55.8 Å². The Morgan fingerprint density at radius 3 is 2.53 bits per heavy atom. The summed E-state index contributed by atoms with van der Waals surface area (Å²) in [6.45, 7) is 5.20. The Morgan fingerprint density at radius 2 is 1.79 bits per heavy atom. The molecule has 8 heteroatoms. The quantitative estimate of drug-likeness (QED) is 0.207. The van der Waals surface area contributed by atoms with E-state index >= 15 is 0 Å². The van der Waals surface area contributed by atoms with Gasteiger partial charge in [0.1, 0.15) is 0 Å². The van der Waals surface area contributed by atoms with Gasteiger partial charge in [0.2, 0.25) is 0 Å². The summed E-state index contributed by atoms with van der Waals surface area (Å²) >= 11 is 0. The monoisotopic (exact) mass is 574 g/mol. The predicted octanol–water partition coefficient (Wildman–Crippen LogP) is 6.22. The molecule has 3 heterocycles. The lowest BCUT2D eigenvalue weighted by molar-refractivity contribution is -0.110. The zero-order valence-corrected chi connectivity index (χ0v) is 24.8. The Balaban J connectivity index is 1.33. The topological polar surface area (TPSA) is 91.3 Å². The Bertz CT molecular complexity index is 1650. The number of nitrogens with zero attached hydrogens (tertiary/aromatic N) is 3. The summed E-state index contributed by atoms with van der Waals surface area (Å²) in [7, 11) is 1.85. The molecule has 2 aliphatic heterocycles. The van der Waals surface area contributed by atoms with Gasteiger partial charge in [-0.05, 0) is 73.8 Å². The third kappa shape index (κ3) is 6.39. The van der Waals surface area contributed by atoms with Gasteiger partial charge in [0.15, 0.2) is 0 Å². The number of carbonyl (C=O) groups excluding carboxylic acids is 2. The Morgan fingerprint density at radius 1 is 0.977 bits per heavy atom. The van der Waals surface area contributed by atoms with Gasteiger partial charge in [0.25, 0.3) is 11.8 Å². The Kier molecular flexibility index (Phi) is 8.38. The van der Waals surface area contributed by atoms with Crippen LogP contribution in [0.3, 0.4) is 0 Å². The van der Waals surface area contributed by atoms with Gasteiger partial charge in [-0.15, -0.1) is 0 Å². The van der Waals surface area contributed by atoms with Crippen LogP contribution in [0.4, 0.5) is 11.4 Å². The average Bonchev–Trinajstić information content (AvgIpc) is 3.61. The van der Waals surface area contributed by atoms with E-state index in [2.05, 4.69) is 51.1 Å². The molecule has 43 heavy (non-hydrogen) atoms. The summed E-state index contributed by atoms with van der Waals surface area (Å²) in [5.74, 6) is -0.405. The van der Waals surface area contributed by atoms with Gasteiger partial charge in [0.05, 0.1) is 23.5 Å². The molecule has 4 aromatic rings. The predicted molar refractivity (Wildman–Crippen MR) is 171 cm³/mol. The van der Waals surface area contributed by atoms with Crippen molar-refractivity contribution >= 4 is 34.5 Å². The van der Waals surface area contributed by atoms with Crippen LogP contribution in [0.1, 0.15) is 71.3 Å². The molecular formula is C35H38N6O2. The first-order chi connectivity index (χ1) is 21.0. The molecule has 1 atom stereocenters. The minimum absolute atomic E-state index is 0.110. The van der Waals surface area contributed by atoms with E-state index in [9.17, 15) is 9.59 Å². The molecule has 1 saturated heterocycles. The second-order valence-corrected chi connectivity index (χ2v) is 11.4. The summed E-state index contributed by atoms with van der Waals surface area (Å²) in [6.07, 6.45) is 8.20. The number of rotatable bonds is 9. The number of likely N-dealkylation sites (tertiary alicyclic amines) is 1. The molecule has 0 aliphatic carbocycles. The number of aromatic nitrogens is 2. The van der Waals surface area contributed by atoms with Crippen LogP contribution in [0.15, 0.2) is 85.2 Å². The normalized spacial score (nSPS) is 16.7. The number of benzene rings is 3. The maximum Gasteiger partial charge on any atom is 0.258 e. The van der Waals surface area contributed by atoms with E-state index < -0.39 is 0 Å². The lowest BCUT2D eigenvalue weighted by atomic mass is 9.98. The summed E-state index contributed by atoms with van der Waals surface area (Å²) in [5, 5.41) is 14.1. The summed E-state index contributed by atoms with van der Waals surface area (Å²) in [6, 6.07) is 23.6. The number of amides is 2. The van der Waals surface area contributed by atoms with Crippen LogP contribution in [0.2, 0.25) is 0 Å². The van der Waals surface area contributed by atoms with E-state index in [0.717, 1.165) is 42.9 Å². The highest BCUT2D eigenvalue weighted by atomic mass is 16.2. The minimum Gasteiger partial charge on any atom is -0.354 e. The molecule has 0 radical (unpaired) electrons. The van der Waals surface area contributed by atoms with Gasteiger partial charge in [0, 0.05) is 47.9 Å². The molecule has 2 amide bonds. The van der Waals surface area contributed by atoms with Crippen molar-refractivity contribution in [1.82, 2.24) is 20.0 Å². The number of fused-ring (bicyclic) bond motifs is 1. The second-order valence-electron chi connectivity index (χ2n) is 11.4. The largest absolute Gasteiger partial charge is 0.354 e. The van der Waals surface area contributed by atoms with Crippen molar-refractivity contribution in [3.05, 3.63) is 113 Å². The van der Waals surface area contributed by atoms with E-state index in [-0.39, 0.29) is 17.9 Å². The van der Waals surface area contributed by atoms with E-state index in [1.165, 1.54) is 24.8 Å². The number of hydrogen-bond donors (Lipinski definition) is 3. The first kappa shape index (κ1) is 28.4. The molecule has 1 aromatic heterocycles. The summed E-state index contributed by atoms with van der Waals surface area (Å²) in [5.41, 5.74) is 6.94. The zero-order chi connectivity index (χ0) is 29.8. The van der Waals surface area contributed by atoms with Crippen LogP contribution in [0.5, 0.6) is 0 Å². The lowest BCUT2D eigenvalue weighted by Gasteiger charge is -2.26. The molecule has 1 fully saturated rings. The highest BCUT2D eigenvalue weighted by Gasteiger charge is 2.30. The van der Waals surface area contributed by atoms with Gasteiger partial charge in [-0.25, -0.2) is 0 Å². The number of aryl methyl sites for hydroxylation is 1. The van der Waals surface area contributed by atoms with Gasteiger partial charge in [-0.2, -0.15) is 5.10 Å². The number of nitrogens with one attached hydrogen (secondary N) is 3. The molecule has 0 saturated carbocycles. The zero-order valence-electron chi connectivity index (χ0n) is 24.8. The molecule has 0 spiro atoms. The minimum atomic E-state index is -0.223. The van der Waals surface area contributed by atoms with Crippen molar-refractivity contribution in [3.63, 3.8) is 0 Å². The van der Waals surface area contributed by atoms with Gasteiger partial charge >= 0.3 is 0 Å². The molecule has 8 nitrogen and oxygen atoms in total. The van der Waals surface area contributed by atoms with E-state index in [1.54, 1.807) is 29.1 Å². The van der Waals surface area contributed by atoms with E-state index in [4.69, 9.17) is 0 Å². The molecular weight excluding hydrogens is 536 g/mol. The highest BCUT2D eigenvalue weighted by Crippen LogP contribution is 2.38. The third-order valence-electron chi connectivity index (χ3n) is 8.24. The van der Waals surface area contributed by atoms with Crippen molar-refractivity contribution in [1.29, 1.82) is 0 Å². The summed E-state index contributed by atoms with van der Waals surface area (Å²) in [4.78, 5) is 29.5. The third-order valence-corrected chi connectivity index (χ3v) is 8.24. The van der Waals surface area contributed by atoms with Gasteiger partial charge in [-0.3, -0.25) is 19.2 Å².